The van der Waals surface area contributed by atoms with Gasteiger partial charge >= 0.3 is 0 Å². The fourth-order valence-corrected chi connectivity index (χ4v) is 2.60. The molecule has 1 atom stereocenters. The Morgan fingerprint density at radius 2 is 2.26 bits per heavy atom. The summed E-state index contributed by atoms with van der Waals surface area (Å²) in [6, 6.07) is 6.10. The number of nitrogens with zero attached hydrogens (tertiary/aromatic N) is 1. The van der Waals surface area contributed by atoms with Gasteiger partial charge in [0.2, 0.25) is 0 Å². The first-order chi connectivity index (χ1) is 9.24. The van der Waals surface area contributed by atoms with Gasteiger partial charge < -0.3 is 15.0 Å². The molecule has 1 aliphatic heterocycles. The summed E-state index contributed by atoms with van der Waals surface area (Å²) in [6.45, 7) is 5.27. The topological polar surface area (TPSA) is 24.5 Å². The number of nitrogens with one attached hydrogen (secondary N) is 1. The van der Waals surface area contributed by atoms with Gasteiger partial charge in [0.05, 0.1) is 13.2 Å². The predicted octanol–water partition coefficient (Wildman–Crippen LogP) is 2.30. The van der Waals surface area contributed by atoms with Crippen LogP contribution >= 0.6 is 0 Å². The lowest BCUT2D eigenvalue weighted by Gasteiger charge is -2.36. The van der Waals surface area contributed by atoms with Crippen LogP contribution in [0.2, 0.25) is 0 Å². The Balaban J connectivity index is 1.80. The van der Waals surface area contributed by atoms with Crippen LogP contribution in [0, 0.1) is 5.82 Å². The Hall–Kier alpha value is -1.13. The molecule has 1 aliphatic carbocycles. The molecule has 1 aromatic carbocycles. The molecule has 1 saturated heterocycles. The van der Waals surface area contributed by atoms with Gasteiger partial charge in [-0.25, -0.2) is 4.39 Å². The summed E-state index contributed by atoms with van der Waals surface area (Å²) in [7, 11) is 0. The third kappa shape index (κ3) is 3.07. The van der Waals surface area contributed by atoms with Crippen LogP contribution in [0.15, 0.2) is 18.2 Å². The summed E-state index contributed by atoms with van der Waals surface area (Å²) in [5.74, 6) is -0.155. The smallest absolute Gasteiger partial charge is 0.123 e. The maximum atomic E-state index is 13.5. The van der Waals surface area contributed by atoms with Gasteiger partial charge in [0.15, 0.2) is 0 Å². The monoisotopic (exact) mass is 264 g/mol. The number of halogens is 1. The molecule has 1 N–H and O–H groups in total. The van der Waals surface area contributed by atoms with E-state index in [1.54, 1.807) is 12.1 Å². The molecular weight excluding hydrogens is 243 g/mol. The minimum Gasteiger partial charge on any atom is -0.377 e. The van der Waals surface area contributed by atoms with E-state index in [1.165, 1.54) is 12.8 Å². The number of morpholine rings is 1. The Bertz CT molecular complexity index is 448. The van der Waals surface area contributed by atoms with Gasteiger partial charge in [0.1, 0.15) is 5.82 Å². The summed E-state index contributed by atoms with van der Waals surface area (Å²) in [6.07, 6.45) is 2.50. The van der Waals surface area contributed by atoms with Gasteiger partial charge in [-0.05, 0) is 43.5 Å². The number of benzene rings is 1. The molecule has 1 heterocycles. The molecular formula is C15H21FN2O. The second-order valence-corrected chi connectivity index (χ2v) is 5.55. The minimum absolute atomic E-state index is 0.155. The van der Waals surface area contributed by atoms with E-state index in [1.807, 2.05) is 6.07 Å². The molecule has 3 rings (SSSR count). The molecule has 1 saturated carbocycles. The van der Waals surface area contributed by atoms with E-state index >= 15 is 0 Å². The Kier molecular flexibility index (Phi) is 3.71. The van der Waals surface area contributed by atoms with E-state index in [0.717, 1.165) is 37.6 Å². The second kappa shape index (κ2) is 5.47. The lowest BCUT2D eigenvalue weighted by molar-refractivity contribution is 0.0988. The molecule has 4 heteroatoms. The van der Waals surface area contributed by atoms with Crippen LogP contribution in [0.25, 0.3) is 0 Å². The molecule has 1 aromatic rings. The van der Waals surface area contributed by atoms with Crippen LogP contribution in [-0.2, 0) is 11.3 Å². The quantitative estimate of drug-likeness (QED) is 0.903. The largest absolute Gasteiger partial charge is 0.377 e. The average molecular weight is 264 g/mol. The highest BCUT2D eigenvalue weighted by atomic mass is 19.1. The Morgan fingerprint density at radius 1 is 1.42 bits per heavy atom. The zero-order chi connectivity index (χ0) is 13.2. The van der Waals surface area contributed by atoms with Gasteiger partial charge in [0, 0.05) is 30.9 Å². The molecule has 0 spiro atoms. The number of anilines is 1. The molecule has 19 heavy (non-hydrogen) atoms. The van der Waals surface area contributed by atoms with Gasteiger partial charge in [-0.1, -0.05) is 0 Å². The predicted molar refractivity (Wildman–Crippen MR) is 73.9 cm³/mol. The van der Waals surface area contributed by atoms with Crippen LogP contribution in [-0.4, -0.2) is 31.8 Å². The second-order valence-electron chi connectivity index (χ2n) is 5.55. The van der Waals surface area contributed by atoms with Gasteiger partial charge in [0.25, 0.3) is 0 Å². The summed E-state index contributed by atoms with van der Waals surface area (Å²) in [4.78, 5) is 2.33. The van der Waals surface area contributed by atoms with Gasteiger partial charge in [-0.3, -0.25) is 0 Å². The molecule has 0 bridgehead atoms. The van der Waals surface area contributed by atoms with Gasteiger partial charge in [-0.15, -0.1) is 0 Å². The maximum absolute atomic E-state index is 13.5. The number of hydrogen-bond acceptors (Lipinski definition) is 3. The summed E-state index contributed by atoms with van der Waals surface area (Å²) in [5.41, 5.74) is 2.20. The molecule has 3 nitrogen and oxygen atoms in total. The molecule has 0 amide bonds. The SMILES string of the molecule is CC1COCCN1c1ccc(F)cc1CNC1CC1. The van der Waals surface area contributed by atoms with Crippen LogP contribution < -0.4 is 10.2 Å². The highest BCUT2D eigenvalue weighted by Crippen LogP contribution is 2.27. The summed E-state index contributed by atoms with van der Waals surface area (Å²) < 4.78 is 19.0. The van der Waals surface area contributed by atoms with Crippen molar-refractivity contribution < 1.29 is 9.13 Å². The molecule has 1 unspecified atom stereocenters. The van der Waals surface area contributed by atoms with Crippen molar-refractivity contribution in [2.24, 2.45) is 0 Å². The van der Waals surface area contributed by atoms with Crippen molar-refractivity contribution in [3.63, 3.8) is 0 Å². The third-order valence-corrected chi connectivity index (χ3v) is 3.88. The average Bonchev–Trinajstić information content (AvgIpc) is 3.22. The first-order valence-corrected chi connectivity index (χ1v) is 7.10. The zero-order valence-electron chi connectivity index (χ0n) is 11.4. The van der Waals surface area contributed by atoms with Crippen LogP contribution in [0.3, 0.4) is 0 Å². The van der Waals surface area contributed by atoms with E-state index in [4.69, 9.17) is 4.74 Å². The van der Waals surface area contributed by atoms with Crippen molar-refractivity contribution in [1.29, 1.82) is 0 Å². The van der Waals surface area contributed by atoms with E-state index < -0.39 is 0 Å². The third-order valence-electron chi connectivity index (χ3n) is 3.88. The van der Waals surface area contributed by atoms with E-state index in [-0.39, 0.29) is 5.82 Å². The van der Waals surface area contributed by atoms with E-state index in [9.17, 15) is 4.39 Å². The lowest BCUT2D eigenvalue weighted by Crippen LogP contribution is -2.44. The van der Waals surface area contributed by atoms with E-state index in [0.29, 0.717) is 12.1 Å². The molecule has 2 fully saturated rings. The Morgan fingerprint density at radius 3 is 3.00 bits per heavy atom. The van der Waals surface area contributed by atoms with Crippen molar-refractivity contribution in [3.05, 3.63) is 29.6 Å². The summed E-state index contributed by atoms with van der Waals surface area (Å²) >= 11 is 0. The highest BCUT2D eigenvalue weighted by molar-refractivity contribution is 5.55. The van der Waals surface area contributed by atoms with Crippen LogP contribution in [0.5, 0.6) is 0 Å². The van der Waals surface area contributed by atoms with Crippen LogP contribution in [0.1, 0.15) is 25.3 Å². The first kappa shape index (κ1) is 12.9. The summed E-state index contributed by atoms with van der Waals surface area (Å²) in [5, 5.41) is 3.47. The van der Waals surface area contributed by atoms with Crippen molar-refractivity contribution >= 4 is 5.69 Å². The molecule has 104 valence electrons. The van der Waals surface area contributed by atoms with Crippen LogP contribution in [0.4, 0.5) is 10.1 Å². The number of hydrogen-bond donors (Lipinski definition) is 1. The van der Waals surface area contributed by atoms with Gasteiger partial charge in [-0.2, -0.15) is 0 Å². The standard InChI is InChI=1S/C15H21FN2O/c1-11-10-19-7-6-18(11)15-5-2-13(16)8-12(15)9-17-14-3-4-14/h2,5,8,11,14,17H,3-4,6-7,9-10H2,1H3. The first-order valence-electron chi connectivity index (χ1n) is 7.10. The van der Waals surface area contributed by atoms with E-state index in [2.05, 4.69) is 17.1 Å². The molecule has 2 aliphatic rings. The van der Waals surface area contributed by atoms with Crippen molar-refractivity contribution in [3.8, 4) is 0 Å². The number of rotatable bonds is 4. The fraction of sp³-hybridized carbons (Fsp3) is 0.600. The van der Waals surface area contributed by atoms with Crippen molar-refractivity contribution in [2.45, 2.75) is 38.4 Å². The number of ether oxygens (including phenoxy) is 1. The normalized spacial score (nSPS) is 23.7. The minimum atomic E-state index is -0.155. The highest BCUT2D eigenvalue weighted by Gasteiger charge is 2.24. The molecule has 0 radical (unpaired) electrons. The van der Waals surface area contributed by atoms with Crippen molar-refractivity contribution in [2.75, 3.05) is 24.7 Å². The lowest BCUT2D eigenvalue weighted by atomic mass is 10.1. The zero-order valence-corrected chi connectivity index (χ0v) is 11.4. The molecule has 0 aromatic heterocycles. The van der Waals surface area contributed by atoms with Crippen molar-refractivity contribution in [1.82, 2.24) is 5.32 Å². The Labute approximate surface area is 113 Å². The maximum Gasteiger partial charge on any atom is 0.123 e. The fourth-order valence-electron chi connectivity index (χ4n) is 2.60.